The van der Waals surface area contributed by atoms with Gasteiger partial charge in [-0.25, -0.2) is 0 Å². The molecule has 0 spiro atoms. The Hall–Kier alpha value is -0.870. The summed E-state index contributed by atoms with van der Waals surface area (Å²) in [5.74, 6) is 0.0228. The number of benzene rings is 1. The van der Waals surface area contributed by atoms with Crippen molar-refractivity contribution >= 4 is 21.8 Å². The van der Waals surface area contributed by atoms with Gasteiger partial charge in [-0.2, -0.15) is 0 Å². The molecule has 0 fully saturated rings. The van der Waals surface area contributed by atoms with Gasteiger partial charge in [0.25, 0.3) is 0 Å². The second-order valence-corrected chi connectivity index (χ2v) is 4.18. The maximum Gasteiger partial charge on any atom is 0.221 e. The fourth-order valence-corrected chi connectivity index (χ4v) is 1.48. The number of amides is 1. The molecule has 4 heteroatoms. The molecule has 1 rings (SSSR count). The Balaban J connectivity index is 2.26. The van der Waals surface area contributed by atoms with Crippen molar-refractivity contribution in [2.45, 2.75) is 12.8 Å². The number of hydrogen-bond donors (Lipinski definition) is 2. The molecule has 0 saturated heterocycles. The summed E-state index contributed by atoms with van der Waals surface area (Å²) in [5.41, 5.74) is 6.48. The van der Waals surface area contributed by atoms with E-state index in [0.29, 0.717) is 19.5 Å². The fraction of sp³-hybridized carbons (Fsp3) is 0.364. The van der Waals surface area contributed by atoms with E-state index in [1.54, 1.807) is 0 Å². The van der Waals surface area contributed by atoms with Crippen molar-refractivity contribution < 1.29 is 4.79 Å². The zero-order valence-corrected chi connectivity index (χ0v) is 10.1. The molecule has 3 N–H and O–H groups in total. The highest BCUT2D eigenvalue weighted by molar-refractivity contribution is 9.10. The maximum absolute atomic E-state index is 11.1. The summed E-state index contributed by atoms with van der Waals surface area (Å²) in [6.07, 6.45) is 1.25. The molecule has 0 unspecified atom stereocenters. The Bertz CT molecular complexity index is 311. The monoisotopic (exact) mass is 270 g/mol. The van der Waals surface area contributed by atoms with Crippen molar-refractivity contribution in [3.8, 4) is 0 Å². The van der Waals surface area contributed by atoms with Gasteiger partial charge in [-0.05, 0) is 24.1 Å². The first-order chi connectivity index (χ1) is 7.22. The molecule has 1 amide bonds. The summed E-state index contributed by atoms with van der Waals surface area (Å²) in [7, 11) is 0. The predicted molar refractivity (Wildman–Crippen MR) is 64.5 cm³/mol. The molecular formula is C11H15BrN2O. The number of halogens is 1. The van der Waals surface area contributed by atoms with E-state index in [-0.39, 0.29) is 5.91 Å². The zero-order valence-electron chi connectivity index (χ0n) is 8.50. The quantitative estimate of drug-likeness (QED) is 0.851. The Morgan fingerprint density at radius 1 is 1.33 bits per heavy atom. The SMILES string of the molecule is NCCC(=O)NCCc1ccc(Br)cc1. The molecule has 82 valence electrons. The maximum atomic E-state index is 11.1. The molecule has 0 aliphatic carbocycles. The van der Waals surface area contributed by atoms with Crippen molar-refractivity contribution in [2.75, 3.05) is 13.1 Å². The number of carbonyl (C=O) groups is 1. The van der Waals surface area contributed by atoms with Crippen LogP contribution in [0.4, 0.5) is 0 Å². The molecule has 0 radical (unpaired) electrons. The minimum absolute atomic E-state index is 0.0228. The van der Waals surface area contributed by atoms with Gasteiger partial charge in [-0.3, -0.25) is 4.79 Å². The third-order valence-corrected chi connectivity index (χ3v) is 2.55. The highest BCUT2D eigenvalue weighted by Gasteiger charge is 1.98. The number of carbonyl (C=O) groups excluding carboxylic acids is 1. The van der Waals surface area contributed by atoms with Gasteiger partial charge in [0.05, 0.1) is 0 Å². The van der Waals surface area contributed by atoms with E-state index in [9.17, 15) is 4.79 Å². The van der Waals surface area contributed by atoms with Gasteiger partial charge in [0, 0.05) is 24.0 Å². The second kappa shape index (κ2) is 6.58. The smallest absolute Gasteiger partial charge is 0.221 e. The normalized spacial score (nSPS) is 10.0. The van der Waals surface area contributed by atoms with Gasteiger partial charge in [0.15, 0.2) is 0 Å². The largest absolute Gasteiger partial charge is 0.356 e. The van der Waals surface area contributed by atoms with Gasteiger partial charge < -0.3 is 11.1 Å². The lowest BCUT2D eigenvalue weighted by molar-refractivity contribution is -0.120. The molecule has 0 heterocycles. The minimum Gasteiger partial charge on any atom is -0.356 e. The third kappa shape index (κ3) is 4.95. The molecule has 1 aromatic carbocycles. The Kier molecular flexibility index (Phi) is 5.36. The summed E-state index contributed by atoms with van der Waals surface area (Å²) in [5, 5.41) is 2.82. The van der Waals surface area contributed by atoms with Crippen LogP contribution < -0.4 is 11.1 Å². The fourth-order valence-electron chi connectivity index (χ4n) is 1.22. The van der Waals surface area contributed by atoms with Crippen molar-refractivity contribution in [1.29, 1.82) is 0 Å². The summed E-state index contributed by atoms with van der Waals surface area (Å²) >= 11 is 3.37. The van der Waals surface area contributed by atoms with Crippen LogP contribution in [0.3, 0.4) is 0 Å². The average Bonchev–Trinajstić information content (AvgIpc) is 2.21. The van der Waals surface area contributed by atoms with Crippen LogP contribution in [0.5, 0.6) is 0 Å². The number of nitrogens with one attached hydrogen (secondary N) is 1. The molecular weight excluding hydrogens is 256 g/mol. The van der Waals surface area contributed by atoms with E-state index in [4.69, 9.17) is 5.73 Å². The van der Waals surface area contributed by atoms with Crippen molar-refractivity contribution in [1.82, 2.24) is 5.32 Å². The zero-order chi connectivity index (χ0) is 11.1. The van der Waals surface area contributed by atoms with Crippen molar-refractivity contribution in [3.63, 3.8) is 0 Å². The van der Waals surface area contributed by atoms with Crippen LogP contribution in [0, 0.1) is 0 Å². The van der Waals surface area contributed by atoms with E-state index in [0.717, 1.165) is 10.9 Å². The van der Waals surface area contributed by atoms with Gasteiger partial charge >= 0.3 is 0 Å². The first-order valence-electron chi connectivity index (χ1n) is 4.93. The van der Waals surface area contributed by atoms with E-state index in [1.165, 1.54) is 5.56 Å². The van der Waals surface area contributed by atoms with Crippen LogP contribution in [0.25, 0.3) is 0 Å². The number of nitrogens with two attached hydrogens (primary N) is 1. The molecule has 1 aromatic rings. The summed E-state index contributed by atoms with van der Waals surface area (Å²) < 4.78 is 1.07. The van der Waals surface area contributed by atoms with E-state index < -0.39 is 0 Å². The average molecular weight is 271 g/mol. The van der Waals surface area contributed by atoms with Crippen LogP contribution in [0.15, 0.2) is 28.7 Å². The van der Waals surface area contributed by atoms with Crippen LogP contribution in [-0.4, -0.2) is 19.0 Å². The second-order valence-electron chi connectivity index (χ2n) is 3.27. The van der Waals surface area contributed by atoms with Gasteiger partial charge in [-0.15, -0.1) is 0 Å². The van der Waals surface area contributed by atoms with E-state index >= 15 is 0 Å². The Morgan fingerprint density at radius 3 is 2.60 bits per heavy atom. The lowest BCUT2D eigenvalue weighted by Crippen LogP contribution is -2.27. The molecule has 3 nitrogen and oxygen atoms in total. The van der Waals surface area contributed by atoms with Crippen molar-refractivity contribution in [2.24, 2.45) is 5.73 Å². The van der Waals surface area contributed by atoms with Gasteiger partial charge in [0.1, 0.15) is 0 Å². The van der Waals surface area contributed by atoms with Crippen LogP contribution in [0.1, 0.15) is 12.0 Å². The lowest BCUT2D eigenvalue weighted by Gasteiger charge is -2.04. The topological polar surface area (TPSA) is 55.1 Å². The van der Waals surface area contributed by atoms with Crippen LogP contribution in [-0.2, 0) is 11.2 Å². The molecule has 15 heavy (non-hydrogen) atoms. The molecule has 0 saturated carbocycles. The molecule has 0 aliphatic rings. The van der Waals surface area contributed by atoms with Crippen LogP contribution >= 0.6 is 15.9 Å². The molecule has 0 atom stereocenters. The van der Waals surface area contributed by atoms with Gasteiger partial charge in [0.2, 0.25) is 5.91 Å². The summed E-state index contributed by atoms with van der Waals surface area (Å²) in [6, 6.07) is 8.08. The highest BCUT2D eigenvalue weighted by atomic mass is 79.9. The Labute approximate surface area is 98.2 Å². The molecule has 0 bridgehead atoms. The lowest BCUT2D eigenvalue weighted by atomic mass is 10.1. The summed E-state index contributed by atoms with van der Waals surface area (Å²) in [6.45, 7) is 1.07. The molecule has 0 aromatic heterocycles. The van der Waals surface area contributed by atoms with Crippen LogP contribution in [0.2, 0.25) is 0 Å². The summed E-state index contributed by atoms with van der Waals surface area (Å²) in [4.78, 5) is 11.1. The third-order valence-electron chi connectivity index (χ3n) is 2.02. The first-order valence-corrected chi connectivity index (χ1v) is 5.73. The number of hydrogen-bond acceptors (Lipinski definition) is 2. The Morgan fingerprint density at radius 2 is 2.00 bits per heavy atom. The van der Waals surface area contributed by atoms with E-state index in [1.807, 2.05) is 24.3 Å². The van der Waals surface area contributed by atoms with Crippen molar-refractivity contribution in [3.05, 3.63) is 34.3 Å². The minimum atomic E-state index is 0.0228. The standard InChI is InChI=1S/C11H15BrN2O/c12-10-3-1-9(2-4-10)6-8-14-11(15)5-7-13/h1-4H,5-8,13H2,(H,14,15). The molecule has 0 aliphatic heterocycles. The van der Waals surface area contributed by atoms with Gasteiger partial charge in [-0.1, -0.05) is 28.1 Å². The van der Waals surface area contributed by atoms with E-state index in [2.05, 4.69) is 21.2 Å². The number of rotatable bonds is 5. The predicted octanol–water partition coefficient (Wildman–Crippen LogP) is 1.46. The first kappa shape index (κ1) is 12.2. The highest BCUT2D eigenvalue weighted by Crippen LogP contribution is 2.10.